The van der Waals surface area contributed by atoms with Crippen molar-refractivity contribution in [1.82, 2.24) is 0 Å². The smallest absolute Gasteiger partial charge is 0.0567 e. The van der Waals surface area contributed by atoms with E-state index in [1.165, 1.54) is 126 Å². The highest BCUT2D eigenvalue weighted by molar-refractivity contribution is 6.13. The Balaban J connectivity index is 0.000000120. The van der Waals surface area contributed by atoms with Crippen LogP contribution in [0.25, 0.3) is 120 Å². The molecule has 0 fully saturated rings. The summed E-state index contributed by atoms with van der Waals surface area (Å²) in [4.78, 5) is 14.0. The zero-order chi connectivity index (χ0) is 89.3. The van der Waals surface area contributed by atoms with E-state index in [-0.39, 0.29) is 0 Å². The molecule has 0 N–H and O–H groups in total. The molecule has 0 aliphatic heterocycles. The summed E-state index contributed by atoms with van der Waals surface area (Å²) >= 11 is 0. The van der Waals surface area contributed by atoms with Gasteiger partial charge in [0, 0.05) is 111 Å². The molecule has 23 aromatic rings. The Labute approximate surface area is 778 Å². The van der Waals surface area contributed by atoms with Crippen LogP contribution in [0.5, 0.6) is 0 Å². The Bertz CT molecular complexity index is 8000. The first-order valence-corrected chi connectivity index (χ1v) is 45.5. The van der Waals surface area contributed by atoms with Crippen molar-refractivity contribution in [2.45, 2.75) is 0 Å². The predicted molar refractivity (Wildman–Crippen MR) is 571 cm³/mol. The summed E-state index contributed by atoms with van der Waals surface area (Å²) in [5.74, 6) is 0. The number of nitrogens with zero attached hydrogens (tertiary/aromatic N) is 6. The van der Waals surface area contributed by atoms with E-state index in [2.05, 4.69) is 578 Å². The van der Waals surface area contributed by atoms with E-state index in [9.17, 15) is 0 Å². The summed E-state index contributed by atoms with van der Waals surface area (Å²) in [5, 5.41) is 17.3. The lowest BCUT2D eigenvalue weighted by molar-refractivity contribution is 1.20. The second-order valence-corrected chi connectivity index (χ2v) is 33.8. The minimum Gasteiger partial charge on any atom is -0.345 e. The maximum absolute atomic E-state index is 2.38. The van der Waals surface area contributed by atoms with Crippen LogP contribution in [0.3, 0.4) is 0 Å². The second kappa shape index (κ2) is 37.5. The molecule has 0 aliphatic rings. The molecule has 0 heterocycles. The van der Waals surface area contributed by atoms with E-state index in [4.69, 9.17) is 0 Å². The molecule has 0 amide bonds. The quantitative estimate of drug-likeness (QED) is 0.0746. The molecule has 0 aromatic heterocycles. The summed E-state index contributed by atoms with van der Waals surface area (Å²) in [5.41, 5.74) is 26.7. The van der Waals surface area contributed by atoms with Crippen molar-refractivity contribution in [2.75, 3.05) is 50.5 Å². The molecule has 133 heavy (non-hydrogen) atoms. The fourth-order valence-electron chi connectivity index (χ4n) is 18.8. The van der Waals surface area contributed by atoms with E-state index < -0.39 is 0 Å². The van der Waals surface area contributed by atoms with Crippen molar-refractivity contribution < 1.29 is 0 Å². The number of benzene rings is 23. The maximum Gasteiger partial charge on any atom is 0.0567 e. The predicted octanol–water partition coefficient (Wildman–Crippen LogP) is 35.5. The molecule has 23 aromatic carbocycles. The van der Waals surface area contributed by atoms with Crippen LogP contribution in [0.1, 0.15) is 0 Å². The minimum atomic E-state index is 1.11. The van der Waals surface area contributed by atoms with E-state index in [0.29, 0.717) is 0 Å². The molecule has 0 spiro atoms. The molecule has 0 atom stereocenters. The Morgan fingerprint density at radius 1 is 0.120 bits per heavy atom. The normalized spacial score (nSPS) is 11.1. The van der Waals surface area contributed by atoms with E-state index in [0.717, 1.165) is 79.6 Å². The fourth-order valence-corrected chi connectivity index (χ4v) is 18.8. The highest BCUT2D eigenvalue weighted by atomic mass is 15.2. The molecular weight excluding hydrogens is 1610 g/mol. The van der Waals surface area contributed by atoms with Crippen LogP contribution in [0, 0.1) is 0 Å². The molecule has 0 radical (unpaired) electrons. The first-order chi connectivity index (χ1) is 65.7. The van der Waals surface area contributed by atoms with Crippen molar-refractivity contribution in [2.24, 2.45) is 0 Å². The highest BCUT2D eigenvalue weighted by Crippen LogP contribution is 2.48. The van der Waals surface area contributed by atoms with Crippen LogP contribution < -0.4 is 29.4 Å². The zero-order valence-corrected chi connectivity index (χ0v) is 74.4. The minimum absolute atomic E-state index is 1.11. The van der Waals surface area contributed by atoms with Crippen LogP contribution >= 0.6 is 0 Å². The maximum atomic E-state index is 2.38. The van der Waals surface area contributed by atoms with Crippen molar-refractivity contribution in [1.29, 1.82) is 0 Å². The lowest BCUT2D eigenvalue weighted by Crippen LogP contribution is -2.13. The van der Waals surface area contributed by atoms with Gasteiger partial charge in [0.1, 0.15) is 0 Å². The molecule has 0 unspecified atom stereocenters. The van der Waals surface area contributed by atoms with Gasteiger partial charge in [0.2, 0.25) is 0 Å². The molecule has 634 valence electrons. The van der Waals surface area contributed by atoms with Gasteiger partial charge < -0.3 is 29.4 Å². The van der Waals surface area contributed by atoms with Gasteiger partial charge in [0.05, 0.1) is 22.7 Å². The van der Waals surface area contributed by atoms with Gasteiger partial charge in [-0.3, -0.25) is 0 Å². The summed E-state index contributed by atoms with van der Waals surface area (Å²) in [6.45, 7) is 0. The van der Waals surface area contributed by atoms with Gasteiger partial charge in [-0.15, -0.1) is 0 Å². The van der Waals surface area contributed by atoms with Crippen molar-refractivity contribution >= 4 is 161 Å². The summed E-state index contributed by atoms with van der Waals surface area (Å²) in [6.07, 6.45) is 0. The Hall–Kier alpha value is -17.3. The Morgan fingerprint density at radius 2 is 0.346 bits per heavy atom. The monoisotopic (exact) mass is 1700 g/mol. The number of hydrogen-bond acceptors (Lipinski definition) is 6. The SMILES string of the molecule is CN(c1ccc(N(c2cccc(-c3ccccc3)c2)c2cccc3ccccc23)cc1)c1c2ccccc2cc2ccccc12.CN(c1ccc(N(c2cccc(-c3ccccc3)c2)c2cccc3ccccc23)cc1)c1ccc2cc3ccccc3cc2c1.CN(c1ccc(N(c2cccc(-c3ccccc3)c2)c2cccc3ccccc23)cc1)c1cccc(-c2ccccc2)c1. The van der Waals surface area contributed by atoms with Crippen molar-refractivity contribution in [3.63, 3.8) is 0 Å². The zero-order valence-electron chi connectivity index (χ0n) is 74.4. The van der Waals surface area contributed by atoms with Crippen LogP contribution in [0.15, 0.2) is 528 Å². The average Bonchev–Trinajstić information content (AvgIpc) is 0.748. The number of fused-ring (bicyclic) bond motifs is 7. The van der Waals surface area contributed by atoms with Gasteiger partial charge in [-0.25, -0.2) is 0 Å². The van der Waals surface area contributed by atoms with Gasteiger partial charge in [-0.2, -0.15) is 0 Å². The number of anilines is 15. The third-order valence-electron chi connectivity index (χ3n) is 25.6. The topological polar surface area (TPSA) is 19.4 Å². The van der Waals surface area contributed by atoms with Gasteiger partial charge in [-0.05, 0) is 263 Å². The van der Waals surface area contributed by atoms with Crippen LogP contribution in [-0.2, 0) is 0 Å². The Kier molecular flexibility index (Phi) is 23.3. The van der Waals surface area contributed by atoms with Crippen LogP contribution in [0.2, 0.25) is 0 Å². The largest absolute Gasteiger partial charge is 0.345 e. The Morgan fingerprint density at radius 3 is 0.699 bits per heavy atom. The third-order valence-corrected chi connectivity index (χ3v) is 25.6. The van der Waals surface area contributed by atoms with Gasteiger partial charge in [0.25, 0.3) is 0 Å². The molecular formula is C127H96N6. The summed E-state index contributed by atoms with van der Waals surface area (Å²) < 4.78 is 0. The van der Waals surface area contributed by atoms with Crippen molar-refractivity contribution in [3.8, 4) is 44.5 Å². The molecule has 6 heteroatoms. The first-order valence-electron chi connectivity index (χ1n) is 45.5. The van der Waals surface area contributed by atoms with E-state index in [1.807, 2.05) is 0 Å². The standard InChI is InChI=1S/2C43H32N2.C41H32N2/c1-44(43-40-22-9-6-16-34(40)29-35-17-7-10-23-41(35)43)36-25-27-37(28-26-36)45(42-24-12-18-32-15-5-8-21-39(32)42)38-20-11-19-33(30-38)31-13-3-2-4-14-31;1-44(40-22-21-36-27-33-14-5-6-15-34(33)28-37(36)30-40)38-23-25-39(26-24-38)45(43-20-10-16-32-13-7-8-19-42(32)43)41-18-9-17-35(29-41)31-11-3-2-4-12-31;1-42(38-21-10-19-34(29-38)31-13-4-2-5-14-31)36-25-27-37(28-26-36)43(41-24-12-18-33-17-8-9-23-40(33)41)39-22-11-20-35(30-39)32-15-6-3-7-16-32/h2*2-30H,1H3;2-30H,1H3. The fraction of sp³-hybridized carbons (Fsp3) is 0.0236. The van der Waals surface area contributed by atoms with Crippen LogP contribution in [-0.4, -0.2) is 21.1 Å². The molecule has 0 bridgehead atoms. The first kappa shape index (κ1) is 82.6. The molecule has 0 aliphatic carbocycles. The van der Waals surface area contributed by atoms with E-state index >= 15 is 0 Å². The van der Waals surface area contributed by atoms with Crippen molar-refractivity contribution in [3.05, 3.63) is 528 Å². The summed E-state index contributed by atoms with van der Waals surface area (Å²) in [7, 11) is 6.45. The molecule has 23 rings (SSSR count). The van der Waals surface area contributed by atoms with Gasteiger partial charge >= 0.3 is 0 Å². The number of hydrogen-bond donors (Lipinski definition) is 0. The lowest BCUT2D eigenvalue weighted by atomic mass is 10.00. The van der Waals surface area contributed by atoms with Crippen LogP contribution in [0.4, 0.5) is 85.3 Å². The second-order valence-electron chi connectivity index (χ2n) is 33.8. The molecule has 0 saturated carbocycles. The highest BCUT2D eigenvalue weighted by Gasteiger charge is 2.23. The van der Waals surface area contributed by atoms with E-state index in [1.54, 1.807) is 0 Å². The molecule has 0 saturated heterocycles. The lowest BCUT2D eigenvalue weighted by Gasteiger charge is -2.28. The number of rotatable bonds is 19. The average molecular weight is 1710 g/mol. The van der Waals surface area contributed by atoms with Gasteiger partial charge in [-0.1, -0.05) is 358 Å². The van der Waals surface area contributed by atoms with Gasteiger partial charge in [0.15, 0.2) is 0 Å². The third kappa shape index (κ3) is 17.4. The molecule has 6 nitrogen and oxygen atoms in total. The summed E-state index contributed by atoms with van der Waals surface area (Å²) in [6, 6.07) is 189.